The molecular weight excluding hydrogens is 467 g/mol. The Morgan fingerprint density at radius 3 is 2.67 bits per heavy atom. The van der Waals surface area contributed by atoms with Gasteiger partial charge in [-0.2, -0.15) is 5.26 Å². The fraction of sp³-hybridized carbons (Fsp3) is 0.150. The predicted molar refractivity (Wildman–Crippen MR) is 105 cm³/mol. The molecule has 1 aromatic heterocycles. The molecule has 1 heterocycles. The summed E-state index contributed by atoms with van der Waals surface area (Å²) in [5.74, 6) is -1.27. The van der Waals surface area contributed by atoms with E-state index in [-0.39, 0.29) is 39.2 Å². The number of nitriles is 1. The second-order valence-corrected chi connectivity index (χ2v) is 7.21. The first-order valence-corrected chi connectivity index (χ1v) is 9.27. The number of aryl methyl sites for hydroxylation is 1. The third-order valence-corrected chi connectivity index (χ3v) is 4.81. The van der Waals surface area contributed by atoms with Crippen LogP contribution in [0.25, 0.3) is 0 Å². The zero-order valence-electron chi connectivity index (χ0n) is 15.4. The molecule has 0 aliphatic rings. The monoisotopic (exact) mass is 479 g/mol. The summed E-state index contributed by atoms with van der Waals surface area (Å²) in [5.41, 5.74) is -1.41. The summed E-state index contributed by atoms with van der Waals surface area (Å²) in [6, 6.07) is 7.88. The average molecular weight is 480 g/mol. The first-order valence-electron chi connectivity index (χ1n) is 8.48. The molecule has 0 aliphatic carbocycles. The maximum Gasteiger partial charge on any atom is 0.328 e. The largest absolute Gasteiger partial charge is 0.453 e. The van der Waals surface area contributed by atoms with Gasteiger partial charge in [0.1, 0.15) is 5.75 Å². The second-order valence-electron chi connectivity index (χ2n) is 6.35. The maximum atomic E-state index is 15.1. The summed E-state index contributed by atoms with van der Waals surface area (Å²) in [6.07, 6.45) is -1.54. The van der Waals surface area contributed by atoms with Crippen LogP contribution in [0.5, 0.6) is 11.5 Å². The summed E-state index contributed by atoms with van der Waals surface area (Å²) in [5, 5.41) is 9.03. The van der Waals surface area contributed by atoms with Crippen molar-refractivity contribution >= 4 is 15.9 Å². The van der Waals surface area contributed by atoms with Crippen molar-refractivity contribution in [1.82, 2.24) is 9.55 Å². The molecule has 3 aromatic rings. The molecule has 0 fully saturated rings. The van der Waals surface area contributed by atoms with Crippen LogP contribution in [0, 0.1) is 24.1 Å². The number of nitrogens with zero attached hydrogens (tertiary/aromatic N) is 2. The van der Waals surface area contributed by atoms with Gasteiger partial charge in [0.2, 0.25) is 0 Å². The number of ether oxygens (including phenoxy) is 1. The lowest BCUT2D eigenvalue weighted by Gasteiger charge is -2.14. The van der Waals surface area contributed by atoms with Crippen LogP contribution >= 0.6 is 15.9 Å². The fourth-order valence-electron chi connectivity index (χ4n) is 2.70. The first-order chi connectivity index (χ1) is 14.2. The Balaban J connectivity index is 2.01. The molecule has 0 saturated heterocycles. The number of hydrogen-bond acceptors (Lipinski definition) is 4. The minimum Gasteiger partial charge on any atom is -0.453 e. The van der Waals surface area contributed by atoms with E-state index >= 15 is 4.39 Å². The van der Waals surface area contributed by atoms with E-state index in [1.54, 1.807) is 6.07 Å². The lowest BCUT2D eigenvalue weighted by atomic mass is 10.1. The molecule has 0 saturated carbocycles. The fourth-order valence-corrected chi connectivity index (χ4v) is 3.08. The number of benzene rings is 2. The van der Waals surface area contributed by atoms with Gasteiger partial charge < -0.3 is 4.74 Å². The highest BCUT2D eigenvalue weighted by atomic mass is 79.9. The molecule has 1 N–H and O–H groups in total. The van der Waals surface area contributed by atoms with E-state index in [4.69, 9.17) is 10.00 Å². The van der Waals surface area contributed by atoms with E-state index in [0.29, 0.717) is 0 Å². The molecule has 10 heteroatoms. The number of aromatic amines is 1. The number of alkyl halides is 2. The molecule has 30 heavy (non-hydrogen) atoms. The quantitative estimate of drug-likeness (QED) is 0.587. The third-order valence-electron chi connectivity index (χ3n) is 4.19. The molecule has 3 rings (SSSR count). The van der Waals surface area contributed by atoms with Crippen LogP contribution in [0.2, 0.25) is 0 Å². The summed E-state index contributed by atoms with van der Waals surface area (Å²) < 4.78 is 48.0. The SMILES string of the molecule is Cc1cn(Cc2ccc(Br)c(Oc3cc(C#N)cc(C(F)F)c3)c2F)c(=O)[nH]c1=O. The molecule has 0 amide bonds. The van der Waals surface area contributed by atoms with Crippen molar-refractivity contribution in [2.75, 3.05) is 0 Å². The van der Waals surface area contributed by atoms with Gasteiger partial charge in [-0.15, -0.1) is 0 Å². The Kier molecular flexibility index (Phi) is 6.12. The Morgan fingerprint density at radius 1 is 1.27 bits per heavy atom. The number of rotatable bonds is 5. The van der Waals surface area contributed by atoms with Crippen molar-refractivity contribution in [3.05, 3.63) is 89.9 Å². The molecule has 0 atom stereocenters. The molecule has 0 radical (unpaired) electrons. The van der Waals surface area contributed by atoms with Crippen LogP contribution < -0.4 is 16.0 Å². The van der Waals surface area contributed by atoms with E-state index in [0.717, 1.165) is 16.7 Å². The van der Waals surface area contributed by atoms with Crippen molar-refractivity contribution in [1.29, 1.82) is 5.26 Å². The van der Waals surface area contributed by atoms with E-state index in [1.165, 1.54) is 31.3 Å². The Bertz CT molecular complexity index is 1280. The van der Waals surface area contributed by atoms with Gasteiger partial charge in [0, 0.05) is 22.9 Å². The highest BCUT2D eigenvalue weighted by Gasteiger charge is 2.18. The summed E-state index contributed by atoms with van der Waals surface area (Å²) >= 11 is 3.15. The minimum atomic E-state index is -2.84. The average Bonchev–Trinajstić information content (AvgIpc) is 2.70. The van der Waals surface area contributed by atoms with Crippen molar-refractivity contribution < 1.29 is 17.9 Å². The summed E-state index contributed by atoms with van der Waals surface area (Å²) in [6.45, 7) is 1.30. The van der Waals surface area contributed by atoms with Crippen molar-refractivity contribution in [3.8, 4) is 17.6 Å². The standard InChI is InChI=1S/C20H13BrF3N3O3/c1-10-8-27(20(29)26-19(10)28)9-12-2-3-15(21)17(16(12)22)30-14-5-11(7-25)4-13(6-14)18(23)24/h2-6,8,18H,9H2,1H3,(H,26,28,29). The number of nitrogens with one attached hydrogen (secondary N) is 1. The Hall–Kier alpha value is -3.32. The lowest BCUT2D eigenvalue weighted by Crippen LogP contribution is -2.31. The van der Waals surface area contributed by atoms with Gasteiger partial charge in [0.05, 0.1) is 22.7 Å². The van der Waals surface area contributed by atoms with Crippen LogP contribution in [0.15, 0.2) is 50.6 Å². The minimum absolute atomic E-state index is 0.0623. The molecule has 0 aliphatic heterocycles. The number of aromatic nitrogens is 2. The van der Waals surface area contributed by atoms with E-state index in [2.05, 4.69) is 20.9 Å². The molecule has 154 valence electrons. The van der Waals surface area contributed by atoms with Crippen LogP contribution in [0.1, 0.15) is 28.7 Å². The number of halogens is 4. The molecule has 6 nitrogen and oxygen atoms in total. The number of H-pyrrole nitrogens is 1. The van der Waals surface area contributed by atoms with Gasteiger partial charge in [-0.1, -0.05) is 6.07 Å². The molecule has 0 spiro atoms. The predicted octanol–water partition coefficient (Wildman–Crippen LogP) is 4.40. The third kappa shape index (κ3) is 4.46. The van der Waals surface area contributed by atoms with Gasteiger partial charge in [-0.3, -0.25) is 14.3 Å². The molecular formula is C20H13BrF3N3O3. The highest BCUT2D eigenvalue weighted by molar-refractivity contribution is 9.10. The molecule has 2 aromatic carbocycles. The molecule has 0 unspecified atom stereocenters. The van der Waals surface area contributed by atoms with Crippen molar-refractivity contribution in [3.63, 3.8) is 0 Å². The smallest absolute Gasteiger partial charge is 0.328 e. The first kappa shape index (κ1) is 21.4. The number of hydrogen-bond donors (Lipinski definition) is 1. The topological polar surface area (TPSA) is 87.9 Å². The van der Waals surface area contributed by atoms with Gasteiger partial charge in [0.25, 0.3) is 12.0 Å². The Labute approximate surface area is 176 Å². The van der Waals surface area contributed by atoms with Gasteiger partial charge in [-0.25, -0.2) is 18.0 Å². The van der Waals surface area contributed by atoms with Gasteiger partial charge >= 0.3 is 5.69 Å². The van der Waals surface area contributed by atoms with E-state index in [9.17, 15) is 18.4 Å². The van der Waals surface area contributed by atoms with E-state index in [1.807, 2.05) is 0 Å². The van der Waals surface area contributed by atoms with E-state index < -0.39 is 29.1 Å². The van der Waals surface area contributed by atoms with Gasteiger partial charge in [-0.05, 0) is 47.1 Å². The Morgan fingerprint density at radius 2 is 2.00 bits per heavy atom. The zero-order chi connectivity index (χ0) is 22.0. The summed E-state index contributed by atoms with van der Waals surface area (Å²) in [7, 11) is 0. The maximum absolute atomic E-state index is 15.1. The zero-order valence-corrected chi connectivity index (χ0v) is 17.0. The van der Waals surface area contributed by atoms with Gasteiger partial charge in [0.15, 0.2) is 11.6 Å². The van der Waals surface area contributed by atoms with Crippen molar-refractivity contribution in [2.24, 2.45) is 0 Å². The van der Waals surface area contributed by atoms with Crippen LogP contribution in [0.3, 0.4) is 0 Å². The highest BCUT2D eigenvalue weighted by Crippen LogP contribution is 2.36. The normalized spacial score (nSPS) is 10.8. The second kappa shape index (κ2) is 8.59. The van der Waals surface area contributed by atoms with Crippen LogP contribution in [0.4, 0.5) is 13.2 Å². The van der Waals surface area contributed by atoms with Crippen LogP contribution in [-0.4, -0.2) is 9.55 Å². The molecule has 0 bridgehead atoms. The van der Waals surface area contributed by atoms with Crippen molar-refractivity contribution in [2.45, 2.75) is 19.9 Å². The lowest BCUT2D eigenvalue weighted by molar-refractivity contribution is 0.151. The van der Waals surface area contributed by atoms with Crippen LogP contribution in [-0.2, 0) is 6.54 Å². The summed E-state index contributed by atoms with van der Waals surface area (Å²) in [4.78, 5) is 25.6.